The van der Waals surface area contributed by atoms with Crippen molar-refractivity contribution in [2.24, 2.45) is 5.92 Å². The zero-order valence-corrected chi connectivity index (χ0v) is 19.2. The van der Waals surface area contributed by atoms with E-state index >= 15 is 0 Å². The maximum absolute atomic E-state index is 13.0. The van der Waals surface area contributed by atoms with Crippen molar-refractivity contribution in [3.63, 3.8) is 0 Å². The van der Waals surface area contributed by atoms with Crippen molar-refractivity contribution in [3.8, 4) is 0 Å². The van der Waals surface area contributed by atoms with Crippen molar-refractivity contribution < 1.29 is 13.2 Å². The predicted molar refractivity (Wildman–Crippen MR) is 123 cm³/mol. The molecule has 0 radical (unpaired) electrons. The summed E-state index contributed by atoms with van der Waals surface area (Å²) >= 11 is 0. The molecule has 1 amide bonds. The van der Waals surface area contributed by atoms with Crippen molar-refractivity contribution in [1.29, 1.82) is 0 Å². The zero-order chi connectivity index (χ0) is 22.0. The van der Waals surface area contributed by atoms with Crippen molar-refractivity contribution in [3.05, 3.63) is 64.7 Å². The van der Waals surface area contributed by atoms with E-state index < -0.39 is 10.0 Å². The maximum atomic E-state index is 13.0. The van der Waals surface area contributed by atoms with Gasteiger partial charge >= 0.3 is 0 Å². The Labute approximate surface area is 185 Å². The fraction of sp³-hybridized carbons (Fsp3) is 0.480. The van der Waals surface area contributed by atoms with Crippen LogP contribution in [0.4, 0.5) is 0 Å². The molecule has 0 aromatic heterocycles. The molecule has 0 saturated carbocycles. The van der Waals surface area contributed by atoms with E-state index in [1.165, 1.54) is 30.0 Å². The normalized spacial score (nSPS) is 18.9. The molecule has 1 saturated heterocycles. The molecule has 166 valence electrons. The van der Waals surface area contributed by atoms with Crippen molar-refractivity contribution in [2.45, 2.75) is 63.3 Å². The number of piperidine rings is 1. The minimum Gasteiger partial charge on any atom is -0.346 e. The van der Waals surface area contributed by atoms with Crippen LogP contribution in [-0.4, -0.2) is 31.7 Å². The first-order valence-corrected chi connectivity index (χ1v) is 12.8. The van der Waals surface area contributed by atoms with Gasteiger partial charge in [0, 0.05) is 18.7 Å². The Hall–Kier alpha value is -2.18. The maximum Gasteiger partial charge on any atom is 0.251 e. The Morgan fingerprint density at radius 3 is 2.48 bits per heavy atom. The Kier molecular flexibility index (Phi) is 6.49. The molecule has 31 heavy (non-hydrogen) atoms. The summed E-state index contributed by atoms with van der Waals surface area (Å²) in [6, 6.07) is 12.7. The monoisotopic (exact) mass is 440 g/mol. The third-order valence-corrected chi connectivity index (χ3v) is 8.59. The molecule has 1 heterocycles. The van der Waals surface area contributed by atoms with Gasteiger partial charge in [0.05, 0.1) is 10.9 Å². The van der Waals surface area contributed by atoms with Crippen LogP contribution in [0.25, 0.3) is 0 Å². The highest BCUT2D eigenvalue weighted by molar-refractivity contribution is 7.89. The van der Waals surface area contributed by atoms with E-state index in [1.807, 2.05) is 6.92 Å². The highest BCUT2D eigenvalue weighted by Crippen LogP contribution is 2.26. The summed E-state index contributed by atoms with van der Waals surface area (Å²) in [5.74, 6) is 0.295. The number of hydrogen-bond donors (Lipinski definition) is 1. The SMILES string of the molecule is CC1CCN(S(=O)(=O)c2cccc(C(=O)NC(C)c3ccc4c(c3)CCCC4)c2)CC1. The lowest BCUT2D eigenvalue weighted by molar-refractivity contribution is 0.0939. The van der Waals surface area contributed by atoms with Crippen LogP contribution < -0.4 is 5.32 Å². The van der Waals surface area contributed by atoms with Gasteiger partial charge in [-0.3, -0.25) is 4.79 Å². The minimum atomic E-state index is -3.58. The van der Waals surface area contributed by atoms with E-state index in [-0.39, 0.29) is 16.8 Å². The lowest BCUT2D eigenvalue weighted by Gasteiger charge is -2.29. The second-order valence-electron chi connectivity index (χ2n) is 9.04. The molecule has 2 aliphatic rings. The van der Waals surface area contributed by atoms with Gasteiger partial charge in [0.2, 0.25) is 10.0 Å². The van der Waals surface area contributed by atoms with Gasteiger partial charge in [0.15, 0.2) is 0 Å². The van der Waals surface area contributed by atoms with Gasteiger partial charge in [0.25, 0.3) is 5.91 Å². The van der Waals surface area contributed by atoms with Gasteiger partial charge in [-0.2, -0.15) is 4.31 Å². The van der Waals surface area contributed by atoms with Gasteiger partial charge in [0.1, 0.15) is 0 Å². The number of fused-ring (bicyclic) bond motifs is 1. The molecule has 5 nitrogen and oxygen atoms in total. The van der Waals surface area contributed by atoms with Crippen LogP contribution in [0.5, 0.6) is 0 Å². The molecule has 1 aliphatic carbocycles. The van der Waals surface area contributed by atoms with E-state index in [0.29, 0.717) is 24.6 Å². The van der Waals surface area contributed by atoms with Crippen LogP contribution >= 0.6 is 0 Å². The number of carbonyl (C=O) groups is 1. The van der Waals surface area contributed by atoms with E-state index in [4.69, 9.17) is 0 Å². The van der Waals surface area contributed by atoms with Crippen LogP contribution in [-0.2, 0) is 22.9 Å². The van der Waals surface area contributed by atoms with Crippen molar-refractivity contribution in [2.75, 3.05) is 13.1 Å². The van der Waals surface area contributed by atoms with Gasteiger partial charge < -0.3 is 5.32 Å². The molecule has 2 aromatic rings. The second-order valence-corrected chi connectivity index (χ2v) is 11.0. The molecule has 1 aliphatic heterocycles. The van der Waals surface area contributed by atoms with Crippen LogP contribution in [0, 0.1) is 5.92 Å². The molecule has 1 fully saturated rings. The predicted octanol–water partition coefficient (Wildman–Crippen LogP) is 4.48. The lowest BCUT2D eigenvalue weighted by Crippen LogP contribution is -2.38. The highest BCUT2D eigenvalue weighted by Gasteiger charge is 2.28. The first kappa shape index (κ1) is 22.0. The van der Waals surface area contributed by atoms with Crippen LogP contribution in [0.1, 0.15) is 72.6 Å². The fourth-order valence-electron chi connectivity index (χ4n) is 4.56. The molecule has 4 rings (SSSR count). The molecular weight excluding hydrogens is 408 g/mol. The first-order chi connectivity index (χ1) is 14.8. The number of nitrogens with zero attached hydrogens (tertiary/aromatic N) is 1. The van der Waals surface area contributed by atoms with E-state index in [9.17, 15) is 13.2 Å². The summed E-state index contributed by atoms with van der Waals surface area (Å²) in [7, 11) is -3.58. The molecule has 0 bridgehead atoms. The number of nitrogens with one attached hydrogen (secondary N) is 1. The Bertz CT molecular complexity index is 1060. The van der Waals surface area contributed by atoms with E-state index in [1.54, 1.807) is 22.5 Å². The third kappa shape index (κ3) is 4.85. The summed E-state index contributed by atoms with van der Waals surface area (Å²) in [6.45, 7) is 5.20. The largest absolute Gasteiger partial charge is 0.346 e. The van der Waals surface area contributed by atoms with E-state index in [0.717, 1.165) is 31.2 Å². The molecule has 2 aromatic carbocycles. The lowest BCUT2D eigenvalue weighted by atomic mass is 9.89. The van der Waals surface area contributed by atoms with E-state index in [2.05, 4.69) is 30.4 Å². The molecule has 1 unspecified atom stereocenters. The van der Waals surface area contributed by atoms with Gasteiger partial charge in [-0.15, -0.1) is 0 Å². The Morgan fingerprint density at radius 2 is 1.74 bits per heavy atom. The topological polar surface area (TPSA) is 66.5 Å². The second kappa shape index (κ2) is 9.13. The summed E-state index contributed by atoms with van der Waals surface area (Å²) in [5, 5.41) is 3.04. The highest BCUT2D eigenvalue weighted by atomic mass is 32.2. The smallest absolute Gasteiger partial charge is 0.251 e. The molecular formula is C25H32N2O3S. The molecule has 1 atom stereocenters. The summed E-state index contributed by atoms with van der Waals surface area (Å²) < 4.78 is 27.6. The number of aryl methyl sites for hydroxylation is 2. The average Bonchev–Trinajstić information content (AvgIpc) is 2.79. The first-order valence-electron chi connectivity index (χ1n) is 11.4. The van der Waals surface area contributed by atoms with Crippen LogP contribution in [0.3, 0.4) is 0 Å². The average molecular weight is 441 g/mol. The van der Waals surface area contributed by atoms with Crippen LogP contribution in [0.2, 0.25) is 0 Å². The van der Waals surface area contributed by atoms with Gasteiger partial charge in [-0.05, 0) is 86.3 Å². The number of amides is 1. The third-order valence-electron chi connectivity index (χ3n) is 6.70. The standard InChI is InChI=1S/C25H32N2O3S/c1-18-12-14-27(15-13-18)31(29,30)24-9-5-8-23(17-24)25(28)26-19(2)21-11-10-20-6-3-4-7-22(20)16-21/h5,8-11,16-19H,3-4,6-7,12-15H2,1-2H3,(H,26,28). The molecule has 1 N–H and O–H groups in total. The summed E-state index contributed by atoms with van der Waals surface area (Å²) in [4.78, 5) is 13.1. The minimum absolute atomic E-state index is 0.149. The summed E-state index contributed by atoms with van der Waals surface area (Å²) in [6.07, 6.45) is 6.44. The number of hydrogen-bond acceptors (Lipinski definition) is 3. The fourth-order valence-corrected chi connectivity index (χ4v) is 6.07. The number of sulfonamides is 1. The van der Waals surface area contributed by atoms with Gasteiger partial charge in [-0.25, -0.2) is 8.42 Å². The zero-order valence-electron chi connectivity index (χ0n) is 18.4. The Morgan fingerprint density at radius 1 is 1.03 bits per heavy atom. The number of rotatable bonds is 5. The quantitative estimate of drug-likeness (QED) is 0.746. The van der Waals surface area contributed by atoms with Crippen molar-refractivity contribution in [1.82, 2.24) is 9.62 Å². The number of carbonyl (C=O) groups excluding carboxylic acids is 1. The van der Waals surface area contributed by atoms with Crippen molar-refractivity contribution >= 4 is 15.9 Å². The molecule has 6 heteroatoms. The molecule has 0 spiro atoms. The summed E-state index contributed by atoms with van der Waals surface area (Å²) in [5.41, 5.74) is 4.25. The Balaban J connectivity index is 1.48. The van der Waals surface area contributed by atoms with Gasteiger partial charge in [-0.1, -0.05) is 31.2 Å². The number of benzene rings is 2. The van der Waals surface area contributed by atoms with Crippen LogP contribution in [0.15, 0.2) is 47.4 Å².